The molecule has 0 heterocycles. The topological polar surface area (TPSA) is 9.23 Å². The van der Waals surface area contributed by atoms with Crippen molar-refractivity contribution in [3.63, 3.8) is 0 Å². The molecule has 5 rings (SSSR count). The number of methoxy groups -OCH3 is 1. The van der Waals surface area contributed by atoms with Gasteiger partial charge in [-0.3, -0.25) is 0 Å². The molecule has 0 amide bonds. The Balaban J connectivity index is 1.81. The van der Waals surface area contributed by atoms with Crippen LogP contribution in [0.4, 0.5) is 12.9 Å². The van der Waals surface area contributed by atoms with Gasteiger partial charge in [-0.25, -0.2) is 0 Å². The molecule has 0 aliphatic heterocycles. The molecule has 0 N–H and O–H groups in total. The summed E-state index contributed by atoms with van der Waals surface area (Å²) >= 11 is 0. The molecule has 1 aromatic rings. The predicted octanol–water partition coefficient (Wildman–Crippen LogP) is 4.22. The molecule has 0 radical (unpaired) electrons. The van der Waals surface area contributed by atoms with Crippen LogP contribution < -0.4 is 10.2 Å². The molecular formula is C17H21BF3O-. The van der Waals surface area contributed by atoms with Crippen LogP contribution in [0.2, 0.25) is 0 Å². The molecule has 0 atom stereocenters. The second kappa shape index (κ2) is 4.69. The lowest BCUT2D eigenvalue weighted by Gasteiger charge is -2.57. The van der Waals surface area contributed by atoms with E-state index in [4.69, 9.17) is 4.74 Å². The van der Waals surface area contributed by atoms with Crippen molar-refractivity contribution in [1.82, 2.24) is 0 Å². The third kappa shape index (κ3) is 2.16. The molecule has 22 heavy (non-hydrogen) atoms. The lowest BCUT2D eigenvalue weighted by atomic mass is 9.47. The second-order valence-corrected chi connectivity index (χ2v) is 7.73. The average Bonchev–Trinajstić information content (AvgIpc) is 2.44. The third-order valence-electron chi connectivity index (χ3n) is 6.21. The standard InChI is InChI=1S/C17H21BF3O/c1-22-16-3-2-14(18(19,20)21)7-15(16)17-8-11-4-12(9-17)6-13(5-11)10-17/h2-3,7,11-13H,4-6,8-10H2,1H3/q-1. The van der Waals surface area contributed by atoms with Gasteiger partial charge in [-0.1, -0.05) is 12.1 Å². The Hall–Kier alpha value is -1.13. The quantitative estimate of drug-likeness (QED) is 0.760. The van der Waals surface area contributed by atoms with E-state index in [1.807, 2.05) is 0 Å². The Morgan fingerprint density at radius 2 is 1.55 bits per heavy atom. The number of hydrogen-bond acceptors (Lipinski definition) is 1. The monoisotopic (exact) mass is 309 g/mol. The highest BCUT2D eigenvalue weighted by atomic mass is 19.4. The zero-order valence-corrected chi connectivity index (χ0v) is 12.8. The van der Waals surface area contributed by atoms with Crippen molar-refractivity contribution in [3.8, 4) is 5.75 Å². The lowest BCUT2D eigenvalue weighted by Crippen LogP contribution is -2.49. The second-order valence-electron chi connectivity index (χ2n) is 7.73. The molecule has 120 valence electrons. The summed E-state index contributed by atoms with van der Waals surface area (Å²) in [5.74, 6) is 2.76. The Labute approximate surface area is 129 Å². The third-order valence-corrected chi connectivity index (χ3v) is 6.21. The molecule has 4 aliphatic rings. The molecule has 0 spiro atoms. The lowest BCUT2D eigenvalue weighted by molar-refractivity contribution is -0.00612. The van der Waals surface area contributed by atoms with Gasteiger partial charge in [0.1, 0.15) is 5.75 Å². The first kappa shape index (κ1) is 14.5. The van der Waals surface area contributed by atoms with Gasteiger partial charge < -0.3 is 17.7 Å². The fourth-order valence-electron chi connectivity index (χ4n) is 5.78. The number of ether oxygens (including phenoxy) is 1. The van der Waals surface area contributed by atoms with Crippen LogP contribution in [0.15, 0.2) is 18.2 Å². The van der Waals surface area contributed by atoms with Crippen molar-refractivity contribution < 1.29 is 17.7 Å². The summed E-state index contributed by atoms with van der Waals surface area (Å²) in [7, 11) is 1.57. The highest BCUT2D eigenvalue weighted by Crippen LogP contribution is 2.61. The highest BCUT2D eigenvalue weighted by molar-refractivity contribution is 6.73. The largest absolute Gasteiger partial charge is 0.509 e. The van der Waals surface area contributed by atoms with Crippen LogP contribution >= 0.6 is 0 Å². The van der Waals surface area contributed by atoms with Crippen LogP contribution in [0.1, 0.15) is 44.1 Å². The molecule has 4 fully saturated rings. The molecule has 4 saturated carbocycles. The van der Waals surface area contributed by atoms with Crippen LogP contribution in [0.3, 0.4) is 0 Å². The van der Waals surface area contributed by atoms with Gasteiger partial charge in [0.2, 0.25) is 0 Å². The minimum Gasteiger partial charge on any atom is -0.496 e. The smallest absolute Gasteiger partial charge is 0.496 e. The Bertz CT molecular complexity index is 561. The molecule has 1 nitrogen and oxygen atoms in total. The van der Waals surface area contributed by atoms with Gasteiger partial charge in [0.05, 0.1) is 7.11 Å². The Kier molecular flexibility index (Phi) is 3.08. The van der Waals surface area contributed by atoms with E-state index in [0.29, 0.717) is 23.5 Å². The average molecular weight is 309 g/mol. The van der Waals surface area contributed by atoms with Crippen LogP contribution in [0.5, 0.6) is 5.75 Å². The first-order chi connectivity index (χ1) is 10.4. The fourth-order valence-corrected chi connectivity index (χ4v) is 5.78. The molecule has 0 aromatic heterocycles. The molecule has 0 unspecified atom stereocenters. The summed E-state index contributed by atoms with van der Waals surface area (Å²) in [6, 6.07) is 4.09. The maximum Gasteiger partial charge on any atom is 0.509 e. The van der Waals surface area contributed by atoms with Crippen molar-refractivity contribution in [2.24, 2.45) is 17.8 Å². The van der Waals surface area contributed by atoms with Gasteiger partial charge in [-0.15, -0.1) is 5.46 Å². The van der Waals surface area contributed by atoms with E-state index >= 15 is 0 Å². The van der Waals surface area contributed by atoms with Crippen molar-refractivity contribution in [2.45, 2.75) is 43.9 Å². The molecule has 4 bridgehead atoms. The zero-order valence-electron chi connectivity index (χ0n) is 12.8. The molecule has 5 heteroatoms. The number of halogens is 3. The van der Waals surface area contributed by atoms with Crippen LogP contribution in [-0.4, -0.2) is 14.1 Å². The Morgan fingerprint density at radius 3 is 2.00 bits per heavy atom. The summed E-state index contributed by atoms with van der Waals surface area (Å²) in [6.45, 7) is -4.96. The van der Waals surface area contributed by atoms with Crippen LogP contribution in [0.25, 0.3) is 0 Å². The van der Waals surface area contributed by atoms with E-state index in [1.165, 1.54) is 37.5 Å². The molecule has 4 aliphatic carbocycles. The van der Waals surface area contributed by atoms with E-state index in [9.17, 15) is 12.9 Å². The van der Waals surface area contributed by atoms with Crippen LogP contribution in [0, 0.1) is 17.8 Å². The maximum absolute atomic E-state index is 13.2. The van der Waals surface area contributed by atoms with Gasteiger partial charge in [-0.2, -0.15) is 0 Å². The molecule has 1 aromatic carbocycles. The summed E-state index contributed by atoms with van der Waals surface area (Å²) in [5.41, 5.74) is 0.273. The van der Waals surface area contributed by atoms with Crippen molar-refractivity contribution in [1.29, 1.82) is 0 Å². The first-order valence-electron chi connectivity index (χ1n) is 8.28. The number of rotatable bonds is 3. The van der Waals surface area contributed by atoms with Crippen LogP contribution in [-0.2, 0) is 5.41 Å². The molecule has 0 saturated heterocycles. The summed E-state index contributed by atoms with van der Waals surface area (Å²) in [4.78, 5) is 0. The van der Waals surface area contributed by atoms with E-state index in [1.54, 1.807) is 7.11 Å². The highest BCUT2D eigenvalue weighted by Gasteiger charge is 2.52. The van der Waals surface area contributed by atoms with Gasteiger partial charge >= 0.3 is 6.98 Å². The van der Waals surface area contributed by atoms with Gasteiger partial charge in [-0.05, 0) is 73.3 Å². The summed E-state index contributed by atoms with van der Waals surface area (Å²) < 4.78 is 45.0. The minimum atomic E-state index is -4.96. The normalized spacial score (nSPS) is 36.6. The number of benzene rings is 1. The van der Waals surface area contributed by atoms with Gasteiger partial charge in [0.15, 0.2) is 0 Å². The number of hydrogen-bond donors (Lipinski definition) is 0. The van der Waals surface area contributed by atoms with E-state index < -0.39 is 12.4 Å². The van der Waals surface area contributed by atoms with E-state index in [2.05, 4.69) is 0 Å². The van der Waals surface area contributed by atoms with Gasteiger partial charge in [0, 0.05) is 0 Å². The summed E-state index contributed by atoms with van der Waals surface area (Å²) in [5, 5.41) is 0. The van der Waals surface area contributed by atoms with E-state index in [-0.39, 0.29) is 5.41 Å². The SMILES string of the molecule is COc1ccc([B-](F)(F)F)cc1C12CC3CC(CC(C3)C1)C2. The maximum atomic E-state index is 13.2. The predicted molar refractivity (Wildman–Crippen MR) is 81.6 cm³/mol. The minimum absolute atomic E-state index is 0.0720. The zero-order chi connectivity index (χ0) is 15.5. The molecular weight excluding hydrogens is 288 g/mol. The van der Waals surface area contributed by atoms with Crippen molar-refractivity contribution in [3.05, 3.63) is 23.8 Å². The van der Waals surface area contributed by atoms with Crippen molar-refractivity contribution in [2.75, 3.05) is 7.11 Å². The first-order valence-corrected chi connectivity index (χ1v) is 8.28. The summed E-state index contributed by atoms with van der Waals surface area (Å²) in [6.07, 6.45) is 6.98. The Morgan fingerprint density at radius 1 is 1.00 bits per heavy atom. The van der Waals surface area contributed by atoms with E-state index in [0.717, 1.165) is 24.8 Å². The van der Waals surface area contributed by atoms with Crippen molar-refractivity contribution >= 4 is 12.4 Å². The fraction of sp³-hybridized carbons (Fsp3) is 0.647. The van der Waals surface area contributed by atoms with Gasteiger partial charge in [0.25, 0.3) is 0 Å².